The molecule has 0 aromatic carbocycles. The van der Waals surface area contributed by atoms with E-state index in [4.69, 9.17) is 18.9 Å². The Morgan fingerprint density at radius 3 is 1.55 bits per heavy atom. The molecule has 0 spiro atoms. The summed E-state index contributed by atoms with van der Waals surface area (Å²) in [4.78, 5) is 24.6. The van der Waals surface area contributed by atoms with E-state index in [0.717, 1.165) is 19.3 Å². The van der Waals surface area contributed by atoms with Crippen molar-refractivity contribution in [1.29, 1.82) is 0 Å². The molecule has 6 nitrogen and oxygen atoms in total. The van der Waals surface area contributed by atoms with Crippen molar-refractivity contribution >= 4 is 11.9 Å². The molecule has 1 atom stereocenters. The second kappa shape index (κ2) is 12.8. The predicted molar refractivity (Wildman–Crippen MR) is 124 cm³/mol. The molecule has 0 aromatic heterocycles. The molecule has 31 heavy (non-hydrogen) atoms. The van der Waals surface area contributed by atoms with Crippen molar-refractivity contribution in [2.75, 3.05) is 13.2 Å². The van der Waals surface area contributed by atoms with Crippen LogP contribution in [0.15, 0.2) is 0 Å². The third-order valence-electron chi connectivity index (χ3n) is 6.30. The third-order valence-corrected chi connectivity index (χ3v) is 6.30. The largest absolute Gasteiger partial charge is 0.460 e. The highest BCUT2D eigenvalue weighted by Gasteiger charge is 2.31. The lowest BCUT2D eigenvalue weighted by Gasteiger charge is -2.33. The summed E-state index contributed by atoms with van der Waals surface area (Å²) in [5.74, 6) is -0.820. The third kappa shape index (κ3) is 12.5. The first kappa shape index (κ1) is 29.9. The summed E-state index contributed by atoms with van der Waals surface area (Å²) in [6.07, 6.45) is 3.94. The number of hydrogen-bond acceptors (Lipinski definition) is 6. The van der Waals surface area contributed by atoms with Gasteiger partial charge < -0.3 is 18.9 Å². The van der Waals surface area contributed by atoms with Gasteiger partial charge in [-0.15, -0.1) is 0 Å². The number of carbonyl (C=O) groups is 2. The van der Waals surface area contributed by atoms with Crippen LogP contribution >= 0.6 is 0 Å². The van der Waals surface area contributed by atoms with E-state index in [1.165, 1.54) is 0 Å². The van der Waals surface area contributed by atoms with Gasteiger partial charge in [-0.25, -0.2) is 0 Å². The first-order valence-corrected chi connectivity index (χ1v) is 11.9. The average Bonchev–Trinajstić information content (AvgIpc) is 2.70. The van der Waals surface area contributed by atoms with Gasteiger partial charge in [0.25, 0.3) is 0 Å². The molecule has 0 aliphatic carbocycles. The van der Waals surface area contributed by atoms with Crippen molar-refractivity contribution in [1.82, 2.24) is 0 Å². The number of rotatable bonds is 16. The van der Waals surface area contributed by atoms with Gasteiger partial charge in [-0.3, -0.25) is 9.59 Å². The van der Waals surface area contributed by atoms with Crippen molar-refractivity contribution in [2.24, 2.45) is 0 Å². The molecule has 0 aromatic rings. The van der Waals surface area contributed by atoms with Gasteiger partial charge in [-0.05, 0) is 67.2 Å². The van der Waals surface area contributed by atoms with Crippen molar-refractivity contribution in [2.45, 2.75) is 137 Å². The maximum atomic E-state index is 12.3. The summed E-state index contributed by atoms with van der Waals surface area (Å²) in [6, 6.07) is 0. The van der Waals surface area contributed by atoms with Crippen LogP contribution in [0.1, 0.15) is 114 Å². The molecule has 0 fully saturated rings. The van der Waals surface area contributed by atoms with Crippen molar-refractivity contribution in [3.8, 4) is 0 Å². The number of hydrogen-bond donors (Lipinski definition) is 0. The Hall–Kier alpha value is -1.14. The van der Waals surface area contributed by atoms with Crippen LogP contribution in [0, 0.1) is 0 Å². The van der Waals surface area contributed by atoms with Gasteiger partial charge in [0.15, 0.2) is 0 Å². The molecule has 1 unspecified atom stereocenters. The molecule has 184 valence electrons. The highest BCUT2D eigenvalue weighted by atomic mass is 16.6. The lowest BCUT2D eigenvalue weighted by Crippen LogP contribution is -2.40. The van der Waals surface area contributed by atoms with E-state index in [1.807, 2.05) is 41.5 Å². The molecule has 0 amide bonds. The Morgan fingerprint density at radius 1 is 0.613 bits per heavy atom. The van der Waals surface area contributed by atoms with Crippen LogP contribution in [-0.2, 0) is 28.5 Å². The summed E-state index contributed by atoms with van der Waals surface area (Å²) in [5.41, 5.74) is -1.78. The van der Waals surface area contributed by atoms with Crippen LogP contribution in [0.25, 0.3) is 0 Å². The van der Waals surface area contributed by atoms with E-state index in [2.05, 4.69) is 27.7 Å². The smallest absolute Gasteiger partial charge is 0.306 e. The summed E-state index contributed by atoms with van der Waals surface area (Å²) in [7, 11) is 0. The first-order chi connectivity index (χ1) is 14.2. The molecule has 0 heterocycles. The van der Waals surface area contributed by atoms with Crippen LogP contribution in [0.5, 0.6) is 0 Å². The molecular weight excluding hydrogens is 396 g/mol. The van der Waals surface area contributed by atoms with Gasteiger partial charge in [0.2, 0.25) is 0 Å². The summed E-state index contributed by atoms with van der Waals surface area (Å²) in [5, 5.41) is 0. The van der Waals surface area contributed by atoms with E-state index in [1.54, 1.807) is 0 Å². The van der Waals surface area contributed by atoms with E-state index >= 15 is 0 Å². The Morgan fingerprint density at radius 2 is 1.10 bits per heavy atom. The first-order valence-electron chi connectivity index (χ1n) is 11.9. The van der Waals surface area contributed by atoms with Gasteiger partial charge in [0.1, 0.15) is 11.2 Å². The van der Waals surface area contributed by atoms with E-state index in [9.17, 15) is 9.59 Å². The predicted octanol–water partition coefficient (Wildman–Crippen LogP) is 5.99. The average molecular weight is 445 g/mol. The maximum absolute atomic E-state index is 12.3. The zero-order valence-electron chi connectivity index (χ0n) is 21.8. The van der Waals surface area contributed by atoms with Gasteiger partial charge in [0.05, 0.1) is 37.3 Å². The Kier molecular flexibility index (Phi) is 12.3. The van der Waals surface area contributed by atoms with Gasteiger partial charge in [-0.1, -0.05) is 27.7 Å². The second-order valence-electron chi connectivity index (χ2n) is 10.2. The normalized spacial score (nSPS) is 14.8. The van der Waals surface area contributed by atoms with Crippen LogP contribution in [0.2, 0.25) is 0 Å². The second-order valence-corrected chi connectivity index (χ2v) is 10.2. The van der Waals surface area contributed by atoms with Gasteiger partial charge in [-0.2, -0.15) is 0 Å². The van der Waals surface area contributed by atoms with Crippen molar-refractivity contribution in [3.05, 3.63) is 0 Å². The minimum atomic E-state index is -0.713. The van der Waals surface area contributed by atoms with Crippen molar-refractivity contribution < 1.29 is 28.5 Å². The van der Waals surface area contributed by atoms with E-state index < -0.39 is 23.1 Å². The topological polar surface area (TPSA) is 71.1 Å². The Balaban J connectivity index is 4.49. The number of ether oxygens (including phenoxy) is 4. The lowest BCUT2D eigenvalue weighted by atomic mass is 9.99. The number of carbonyl (C=O) groups excluding carboxylic acids is 2. The number of esters is 2. The zero-order valence-corrected chi connectivity index (χ0v) is 21.8. The molecular formula is C25H48O6. The quantitative estimate of drug-likeness (QED) is 0.272. The standard InChI is InChI=1S/C25H48O6/c1-11-22(5,6)29-19-25(10,14-4)31-21(27)16-15-20(26)30-23(7,8)17-18-28-24(9,12-2)13-3/h11-19H2,1-10H3. The zero-order chi connectivity index (χ0) is 24.3. The molecule has 0 aliphatic rings. The summed E-state index contributed by atoms with van der Waals surface area (Å²) in [6.45, 7) is 20.8. The highest BCUT2D eigenvalue weighted by molar-refractivity contribution is 5.78. The highest BCUT2D eigenvalue weighted by Crippen LogP contribution is 2.24. The maximum Gasteiger partial charge on any atom is 0.306 e. The molecule has 0 bridgehead atoms. The fourth-order valence-electron chi connectivity index (χ4n) is 2.59. The molecule has 0 saturated carbocycles. The minimum Gasteiger partial charge on any atom is -0.460 e. The SMILES string of the molecule is CCC(C)(C)OCC(C)(CC)OC(=O)CCC(=O)OC(C)(C)CCOC(C)(CC)CC. The van der Waals surface area contributed by atoms with Gasteiger partial charge in [0, 0.05) is 6.42 Å². The molecule has 0 saturated heterocycles. The molecule has 6 heteroatoms. The molecule has 0 N–H and O–H groups in total. The lowest BCUT2D eigenvalue weighted by molar-refractivity contribution is -0.175. The molecule has 0 rings (SSSR count). The van der Waals surface area contributed by atoms with Crippen molar-refractivity contribution in [3.63, 3.8) is 0 Å². The van der Waals surface area contributed by atoms with Gasteiger partial charge >= 0.3 is 11.9 Å². The van der Waals surface area contributed by atoms with E-state index in [0.29, 0.717) is 26.1 Å². The fourth-order valence-corrected chi connectivity index (χ4v) is 2.59. The summed E-state index contributed by atoms with van der Waals surface area (Å²) < 4.78 is 23.1. The fraction of sp³-hybridized carbons (Fsp3) is 0.920. The molecule has 0 radical (unpaired) electrons. The minimum absolute atomic E-state index is 0.00808. The van der Waals surface area contributed by atoms with Crippen LogP contribution < -0.4 is 0 Å². The Labute approximate surface area is 190 Å². The molecule has 0 aliphatic heterocycles. The Bertz CT molecular complexity index is 550. The van der Waals surface area contributed by atoms with Crippen LogP contribution in [-0.4, -0.2) is 47.6 Å². The van der Waals surface area contributed by atoms with Crippen LogP contribution in [0.4, 0.5) is 0 Å². The monoisotopic (exact) mass is 444 g/mol. The van der Waals surface area contributed by atoms with Crippen LogP contribution in [0.3, 0.4) is 0 Å². The summed E-state index contributed by atoms with van der Waals surface area (Å²) >= 11 is 0. The van der Waals surface area contributed by atoms with E-state index in [-0.39, 0.29) is 24.0 Å².